The quantitative estimate of drug-likeness (QED) is 0.109. The number of carbonyl (C=O) groups is 2. The summed E-state index contributed by atoms with van der Waals surface area (Å²) < 4.78 is 69.1. The second kappa shape index (κ2) is 18.0. The van der Waals surface area contributed by atoms with E-state index in [0.29, 0.717) is 35.9 Å². The lowest BCUT2D eigenvalue weighted by molar-refractivity contribution is -0.138. The van der Waals surface area contributed by atoms with Crippen molar-refractivity contribution in [1.82, 2.24) is 20.2 Å². The Hall–Kier alpha value is -4.06. The Morgan fingerprint density at radius 1 is 0.946 bits per heavy atom. The zero-order chi connectivity index (χ0) is 40.0. The minimum Gasteiger partial charge on any atom is -0.390 e. The third-order valence-corrected chi connectivity index (χ3v) is 11.6. The molecule has 56 heavy (non-hydrogen) atoms. The Balaban J connectivity index is 0.000000190. The fourth-order valence-corrected chi connectivity index (χ4v) is 8.05. The van der Waals surface area contributed by atoms with Crippen LogP contribution < -0.4 is 25.6 Å². The zero-order valence-corrected chi connectivity index (χ0v) is 32.2. The van der Waals surface area contributed by atoms with Gasteiger partial charge in [-0.25, -0.2) is 13.8 Å². The van der Waals surface area contributed by atoms with Crippen molar-refractivity contribution in [3.05, 3.63) is 65.4 Å². The number of anilines is 4. The van der Waals surface area contributed by atoms with E-state index >= 15 is 0 Å². The van der Waals surface area contributed by atoms with Crippen LogP contribution in [0.5, 0.6) is 0 Å². The van der Waals surface area contributed by atoms with Gasteiger partial charge < -0.3 is 25.1 Å². The first-order valence-electron chi connectivity index (χ1n) is 19.1. The number of nitrogens with zero attached hydrogens (tertiary/aromatic N) is 5. The molecule has 0 aliphatic carbocycles. The summed E-state index contributed by atoms with van der Waals surface area (Å²) in [5, 5.41) is 20.3. The van der Waals surface area contributed by atoms with E-state index in [0.717, 1.165) is 49.5 Å². The van der Waals surface area contributed by atoms with Gasteiger partial charge in [0.1, 0.15) is 23.0 Å². The number of nitrogens with one attached hydrogen (secondary N) is 2. The van der Waals surface area contributed by atoms with E-state index in [1.165, 1.54) is 55.9 Å². The highest BCUT2D eigenvalue weighted by Gasteiger charge is 2.39. The molecule has 0 radical (unpaired) electrons. The van der Waals surface area contributed by atoms with Crippen LogP contribution in [0.1, 0.15) is 81.8 Å². The molecule has 2 aromatic carbocycles. The van der Waals surface area contributed by atoms with Crippen molar-refractivity contribution in [2.75, 3.05) is 60.9 Å². The molecular weight excluding hydrogens is 756 g/mol. The van der Waals surface area contributed by atoms with Crippen LogP contribution in [-0.2, 0) is 15.8 Å². The lowest BCUT2D eigenvalue weighted by Gasteiger charge is -2.37. The molecular formula is C39H49F5N8O3S. The molecule has 4 saturated heterocycles. The molecule has 17 heteroatoms. The lowest BCUT2D eigenvalue weighted by atomic mass is 9.89. The predicted molar refractivity (Wildman–Crippen MR) is 206 cm³/mol. The van der Waals surface area contributed by atoms with E-state index in [9.17, 15) is 36.6 Å². The maximum atomic E-state index is 14.7. The van der Waals surface area contributed by atoms with E-state index in [1.54, 1.807) is 25.1 Å². The van der Waals surface area contributed by atoms with Gasteiger partial charge >= 0.3 is 6.18 Å². The number of alkyl halides is 3. The number of aliphatic hydroxyl groups is 1. The van der Waals surface area contributed by atoms with Crippen LogP contribution in [0.15, 0.2) is 47.5 Å². The van der Waals surface area contributed by atoms with Crippen molar-refractivity contribution in [2.24, 2.45) is 11.1 Å². The molecule has 2 amide bonds. The smallest absolute Gasteiger partial charge is 0.390 e. The molecule has 0 spiro atoms. The van der Waals surface area contributed by atoms with Crippen molar-refractivity contribution < 1.29 is 36.6 Å². The van der Waals surface area contributed by atoms with Gasteiger partial charge in [-0.3, -0.25) is 20.0 Å². The molecule has 1 unspecified atom stereocenters. The second-order valence-corrected chi connectivity index (χ2v) is 16.0. The normalized spacial score (nSPS) is 21.0. The summed E-state index contributed by atoms with van der Waals surface area (Å²) in [5.74, 6) is -1.92. The Bertz CT molecular complexity index is 1840. The molecule has 5 heterocycles. The van der Waals surface area contributed by atoms with Gasteiger partial charge in [-0.15, -0.1) is 0 Å². The fraction of sp³-hybridized carbons (Fsp3) is 0.538. The second-order valence-electron chi connectivity index (χ2n) is 15.3. The Labute approximate surface area is 327 Å². The van der Waals surface area contributed by atoms with E-state index in [1.807, 2.05) is 6.07 Å². The standard InChI is InChI=1S/C22H30FN3O2.C17H19F4N5OS/c23-20-14-17(4-5-18(20)19-6-7-21(27)24-22(19)28)26-12-8-16(9-13-26)15-25-10-2-1-3-11-25;1-16(27)4-6-26(7-5-16)14-11(17(19,20)21)9-23-15(25-14)24-13-3-2-10(28-22)8-12(13)18/h4-5,14,16,19H,1-3,6-13,15H2,(H,24,27,28);2-3,8-9,27H,4-7,22H2,1H3,(H,23,24,25). The molecule has 11 nitrogen and oxygen atoms in total. The molecule has 4 aliphatic heterocycles. The summed E-state index contributed by atoms with van der Waals surface area (Å²) in [7, 11) is 0. The molecule has 1 aromatic heterocycles. The number of piperidine rings is 4. The van der Waals surface area contributed by atoms with Crippen molar-refractivity contribution in [3.63, 3.8) is 0 Å². The molecule has 304 valence electrons. The fourth-order valence-electron chi connectivity index (χ4n) is 7.73. The summed E-state index contributed by atoms with van der Waals surface area (Å²) >= 11 is 0.873. The molecule has 3 aromatic rings. The van der Waals surface area contributed by atoms with Gasteiger partial charge in [0.15, 0.2) is 0 Å². The van der Waals surface area contributed by atoms with Gasteiger partial charge in [0, 0.05) is 61.5 Å². The molecule has 4 fully saturated rings. The van der Waals surface area contributed by atoms with Crippen LogP contribution in [0, 0.1) is 17.6 Å². The van der Waals surface area contributed by atoms with E-state index in [-0.39, 0.29) is 54.6 Å². The number of nitrogens with two attached hydrogens (primary N) is 1. The average Bonchev–Trinajstić information content (AvgIpc) is 3.16. The third-order valence-electron chi connectivity index (χ3n) is 11.1. The first kappa shape index (κ1) is 41.6. The number of halogens is 5. The largest absolute Gasteiger partial charge is 0.421 e. The number of rotatable bonds is 8. The Morgan fingerprint density at radius 2 is 1.66 bits per heavy atom. The summed E-state index contributed by atoms with van der Waals surface area (Å²) in [6.45, 7) is 7.67. The Morgan fingerprint density at radius 3 is 2.29 bits per heavy atom. The van der Waals surface area contributed by atoms with Gasteiger partial charge in [-0.1, -0.05) is 12.5 Å². The van der Waals surface area contributed by atoms with Crippen LogP contribution in [-0.4, -0.2) is 83.2 Å². The first-order chi connectivity index (χ1) is 26.7. The maximum Gasteiger partial charge on any atom is 0.421 e. The maximum absolute atomic E-state index is 14.7. The molecule has 0 bridgehead atoms. The number of likely N-dealkylation sites (tertiary alicyclic amines) is 1. The van der Waals surface area contributed by atoms with Crippen molar-refractivity contribution in [1.29, 1.82) is 0 Å². The van der Waals surface area contributed by atoms with Gasteiger partial charge in [0.25, 0.3) is 0 Å². The highest BCUT2D eigenvalue weighted by atomic mass is 32.2. The van der Waals surface area contributed by atoms with Crippen molar-refractivity contribution >= 4 is 46.9 Å². The molecule has 1 atom stereocenters. The van der Waals surface area contributed by atoms with Gasteiger partial charge in [0.2, 0.25) is 17.8 Å². The van der Waals surface area contributed by atoms with Crippen LogP contribution >= 0.6 is 11.9 Å². The number of carbonyl (C=O) groups excluding carboxylic acids is 2. The van der Waals surface area contributed by atoms with Gasteiger partial charge in [0.05, 0.1) is 17.2 Å². The highest BCUT2D eigenvalue weighted by molar-refractivity contribution is 7.97. The van der Waals surface area contributed by atoms with Crippen LogP contribution in [0.3, 0.4) is 0 Å². The van der Waals surface area contributed by atoms with E-state index < -0.39 is 29.1 Å². The summed E-state index contributed by atoms with van der Waals surface area (Å²) in [4.78, 5) is 37.8. The summed E-state index contributed by atoms with van der Waals surface area (Å²) in [5.41, 5.74) is -0.590. The van der Waals surface area contributed by atoms with E-state index in [4.69, 9.17) is 5.14 Å². The number of aromatic nitrogens is 2. The molecule has 7 rings (SSSR count). The minimum absolute atomic E-state index is 0.0186. The van der Waals surface area contributed by atoms with Gasteiger partial charge in [-0.2, -0.15) is 18.2 Å². The summed E-state index contributed by atoms with van der Waals surface area (Å²) in [6, 6.07) is 9.38. The monoisotopic (exact) mass is 804 g/mol. The Kier molecular flexibility index (Phi) is 13.4. The zero-order valence-electron chi connectivity index (χ0n) is 31.4. The molecule has 0 saturated carbocycles. The SMILES string of the molecule is CC1(O)CCN(c2nc(Nc3ccc(SN)cc3F)ncc2C(F)(F)F)CC1.O=C1CCC(c2ccc(N3CCC(CN4CCCCC4)CC3)cc2F)C(=O)N1. The number of benzene rings is 2. The first-order valence-corrected chi connectivity index (χ1v) is 20.0. The third kappa shape index (κ3) is 10.7. The number of hydrogen-bond donors (Lipinski definition) is 4. The number of imide groups is 1. The lowest BCUT2D eigenvalue weighted by Crippen LogP contribution is -2.43. The average molecular weight is 805 g/mol. The summed E-state index contributed by atoms with van der Waals surface area (Å²) in [6.07, 6.45) is 3.63. The number of hydrogen-bond acceptors (Lipinski definition) is 11. The van der Waals surface area contributed by atoms with Crippen molar-refractivity contribution in [2.45, 2.75) is 87.3 Å². The predicted octanol–water partition coefficient (Wildman–Crippen LogP) is 6.74. The minimum atomic E-state index is -4.64. The van der Waals surface area contributed by atoms with Crippen LogP contribution in [0.25, 0.3) is 0 Å². The molecule has 5 N–H and O–H groups in total. The highest BCUT2D eigenvalue weighted by Crippen LogP contribution is 2.38. The van der Waals surface area contributed by atoms with Crippen molar-refractivity contribution in [3.8, 4) is 0 Å². The molecule has 4 aliphatic rings. The topological polar surface area (TPSA) is 140 Å². The van der Waals surface area contributed by atoms with E-state index in [2.05, 4.69) is 30.4 Å². The van der Waals surface area contributed by atoms with Crippen LogP contribution in [0.2, 0.25) is 0 Å². The number of amides is 2. The van der Waals surface area contributed by atoms with Gasteiger partial charge in [-0.05, 0) is 113 Å². The van der Waals surface area contributed by atoms with Crippen LogP contribution in [0.4, 0.5) is 45.1 Å².